The molecule has 2 atom stereocenters. The second kappa shape index (κ2) is 8.82. The average Bonchev–Trinajstić information content (AvgIpc) is 2.52. The van der Waals surface area contributed by atoms with Gasteiger partial charge < -0.3 is 20.3 Å². The molecule has 1 aromatic carbocycles. The van der Waals surface area contributed by atoms with E-state index < -0.39 is 24.0 Å². The summed E-state index contributed by atoms with van der Waals surface area (Å²) < 4.78 is 4.53. The van der Waals surface area contributed by atoms with Gasteiger partial charge in [-0.05, 0) is 31.2 Å². The molecule has 0 spiro atoms. The number of methoxy groups -OCH3 is 1. The maximum atomic E-state index is 12.1. The fourth-order valence-corrected chi connectivity index (χ4v) is 1.65. The summed E-state index contributed by atoms with van der Waals surface area (Å²) in [6, 6.07) is 5.33. The molecule has 0 bridgehead atoms. The number of aliphatic hydroxyl groups is 2. The van der Waals surface area contributed by atoms with Gasteiger partial charge >= 0.3 is 5.97 Å². The maximum Gasteiger partial charge on any atom is 0.331 e. The Morgan fingerprint density at radius 2 is 1.95 bits per heavy atom. The number of aliphatic hydroxyl groups excluding tert-OH is 2. The lowest BCUT2D eigenvalue weighted by molar-refractivity contribution is -0.145. The molecule has 0 heterocycles. The molecule has 0 unspecified atom stereocenters. The first kappa shape index (κ1) is 17.7. The maximum absolute atomic E-state index is 12.1. The van der Waals surface area contributed by atoms with E-state index >= 15 is 0 Å². The van der Waals surface area contributed by atoms with Gasteiger partial charge in [-0.2, -0.15) is 0 Å². The van der Waals surface area contributed by atoms with Crippen molar-refractivity contribution in [1.29, 1.82) is 0 Å². The highest BCUT2D eigenvalue weighted by atomic mass is 16.5. The van der Waals surface area contributed by atoms with Gasteiger partial charge in [0.1, 0.15) is 0 Å². The first-order chi connectivity index (χ1) is 10.5. The van der Waals surface area contributed by atoms with E-state index in [1.165, 1.54) is 14.0 Å². The van der Waals surface area contributed by atoms with Crippen LogP contribution in [0.5, 0.6) is 0 Å². The topological polar surface area (TPSA) is 95.9 Å². The zero-order chi connectivity index (χ0) is 16.5. The molecule has 1 rings (SSSR count). The number of esters is 1. The van der Waals surface area contributed by atoms with Gasteiger partial charge in [-0.3, -0.25) is 4.79 Å². The first-order valence-electron chi connectivity index (χ1n) is 6.76. The summed E-state index contributed by atoms with van der Waals surface area (Å²) >= 11 is 0. The highest BCUT2D eigenvalue weighted by Crippen LogP contribution is 2.05. The molecule has 22 heavy (non-hydrogen) atoms. The Hall–Kier alpha value is -2.36. The zero-order valence-corrected chi connectivity index (χ0v) is 12.5. The minimum Gasteiger partial charge on any atom is -0.467 e. The second-order valence-corrected chi connectivity index (χ2v) is 4.57. The molecule has 0 aliphatic rings. The first-order valence-corrected chi connectivity index (χ1v) is 6.76. The minimum absolute atomic E-state index is 0.00174. The third-order valence-electron chi connectivity index (χ3n) is 2.84. The summed E-state index contributed by atoms with van der Waals surface area (Å²) in [7, 11) is 1.18. The van der Waals surface area contributed by atoms with Gasteiger partial charge in [-0.15, -0.1) is 0 Å². The molecule has 1 aromatic rings. The molecule has 118 valence electrons. The molecule has 0 saturated heterocycles. The van der Waals surface area contributed by atoms with Crippen molar-refractivity contribution in [3.8, 4) is 11.8 Å². The summed E-state index contributed by atoms with van der Waals surface area (Å²) in [5.74, 6) is 4.41. The van der Waals surface area contributed by atoms with Crippen molar-refractivity contribution in [2.24, 2.45) is 0 Å². The number of hydrogen-bond donors (Lipinski definition) is 3. The number of amides is 1. The predicted octanol–water partition coefficient (Wildman–Crippen LogP) is 0.0727. The third kappa shape index (κ3) is 5.20. The monoisotopic (exact) mass is 305 g/mol. The number of nitrogens with one attached hydrogen (secondary N) is 1. The second-order valence-electron chi connectivity index (χ2n) is 4.57. The van der Waals surface area contributed by atoms with E-state index in [9.17, 15) is 14.7 Å². The van der Waals surface area contributed by atoms with Crippen LogP contribution in [0.2, 0.25) is 0 Å². The van der Waals surface area contributed by atoms with Crippen LogP contribution < -0.4 is 5.32 Å². The molecule has 6 nitrogen and oxygen atoms in total. The largest absolute Gasteiger partial charge is 0.467 e. The van der Waals surface area contributed by atoms with Crippen LogP contribution in [0.15, 0.2) is 24.3 Å². The number of carbonyl (C=O) groups is 2. The molecule has 3 N–H and O–H groups in total. The Morgan fingerprint density at radius 1 is 1.32 bits per heavy atom. The van der Waals surface area contributed by atoms with E-state index in [1.807, 2.05) is 0 Å². The standard InChI is InChI=1S/C16H19NO5/c1-11(19)14(16(21)22-2)17-15(20)13-8-6-12(7-9-13)5-3-4-10-18/h6-9,11,14,18-19H,4,10H2,1-2H3,(H,17,20)/t11-,14+/m1/s1. The van der Waals surface area contributed by atoms with Crippen molar-refractivity contribution in [2.45, 2.75) is 25.5 Å². The lowest BCUT2D eigenvalue weighted by Gasteiger charge is -2.18. The number of rotatable bonds is 5. The highest BCUT2D eigenvalue weighted by Gasteiger charge is 2.26. The van der Waals surface area contributed by atoms with E-state index in [2.05, 4.69) is 21.9 Å². The quantitative estimate of drug-likeness (QED) is 0.528. The molecular formula is C16H19NO5. The summed E-state index contributed by atoms with van der Waals surface area (Å²) in [6.45, 7) is 1.39. The molecular weight excluding hydrogens is 286 g/mol. The van der Waals surface area contributed by atoms with E-state index in [4.69, 9.17) is 5.11 Å². The SMILES string of the molecule is COC(=O)[C@@H](NC(=O)c1ccc(C#CCCO)cc1)[C@@H](C)O. The van der Waals surface area contributed by atoms with Gasteiger partial charge in [0.05, 0.1) is 19.8 Å². The van der Waals surface area contributed by atoms with Crippen LogP contribution in [-0.4, -0.2) is 48.0 Å². The van der Waals surface area contributed by atoms with E-state index in [0.29, 0.717) is 17.5 Å². The number of benzene rings is 1. The Bertz CT molecular complexity index is 568. The van der Waals surface area contributed by atoms with Crippen molar-refractivity contribution in [3.63, 3.8) is 0 Å². The van der Waals surface area contributed by atoms with Crippen LogP contribution in [0.25, 0.3) is 0 Å². The number of ether oxygens (including phenoxy) is 1. The lowest BCUT2D eigenvalue weighted by atomic mass is 10.1. The summed E-state index contributed by atoms with van der Waals surface area (Å²) in [6.07, 6.45) is -0.683. The smallest absolute Gasteiger partial charge is 0.331 e. The van der Waals surface area contributed by atoms with Crippen molar-refractivity contribution in [3.05, 3.63) is 35.4 Å². The predicted molar refractivity (Wildman–Crippen MR) is 80.0 cm³/mol. The lowest BCUT2D eigenvalue weighted by Crippen LogP contribution is -2.48. The Labute approximate surface area is 129 Å². The molecule has 0 fully saturated rings. The number of hydrogen-bond acceptors (Lipinski definition) is 5. The molecule has 0 aromatic heterocycles. The van der Waals surface area contributed by atoms with Crippen molar-refractivity contribution >= 4 is 11.9 Å². The van der Waals surface area contributed by atoms with Crippen molar-refractivity contribution in [2.75, 3.05) is 13.7 Å². The van der Waals surface area contributed by atoms with Crippen molar-refractivity contribution < 1.29 is 24.5 Å². The van der Waals surface area contributed by atoms with Crippen LogP contribution in [0.1, 0.15) is 29.3 Å². The number of carbonyl (C=O) groups excluding carboxylic acids is 2. The van der Waals surface area contributed by atoms with Crippen LogP contribution >= 0.6 is 0 Å². The van der Waals surface area contributed by atoms with Gasteiger partial charge in [0.25, 0.3) is 5.91 Å². The molecule has 0 aliphatic carbocycles. The zero-order valence-electron chi connectivity index (χ0n) is 12.5. The minimum atomic E-state index is -1.12. The molecule has 0 radical (unpaired) electrons. The fraction of sp³-hybridized carbons (Fsp3) is 0.375. The van der Waals surface area contributed by atoms with Gasteiger partial charge in [0.2, 0.25) is 0 Å². The van der Waals surface area contributed by atoms with Gasteiger partial charge in [0, 0.05) is 17.5 Å². The Kier molecular flexibility index (Phi) is 7.09. The normalized spacial score (nSPS) is 12.5. The molecule has 0 saturated carbocycles. The van der Waals surface area contributed by atoms with Crippen LogP contribution in [-0.2, 0) is 9.53 Å². The summed E-state index contributed by atoms with van der Waals surface area (Å²) in [5.41, 5.74) is 1.05. The molecule has 1 amide bonds. The van der Waals surface area contributed by atoms with E-state index in [1.54, 1.807) is 24.3 Å². The molecule has 6 heteroatoms. The highest BCUT2D eigenvalue weighted by molar-refractivity contribution is 5.97. The Morgan fingerprint density at radius 3 is 2.45 bits per heavy atom. The van der Waals surface area contributed by atoms with Gasteiger partial charge in [-0.1, -0.05) is 11.8 Å². The molecule has 0 aliphatic heterocycles. The fourth-order valence-electron chi connectivity index (χ4n) is 1.65. The summed E-state index contributed by atoms with van der Waals surface area (Å²) in [5, 5.41) is 20.6. The van der Waals surface area contributed by atoms with E-state index in [0.717, 1.165) is 0 Å². The van der Waals surface area contributed by atoms with Crippen LogP contribution in [0, 0.1) is 11.8 Å². The van der Waals surface area contributed by atoms with Crippen LogP contribution in [0.4, 0.5) is 0 Å². The average molecular weight is 305 g/mol. The van der Waals surface area contributed by atoms with Gasteiger partial charge in [0.15, 0.2) is 6.04 Å². The van der Waals surface area contributed by atoms with Crippen molar-refractivity contribution in [1.82, 2.24) is 5.32 Å². The third-order valence-corrected chi connectivity index (χ3v) is 2.84. The van der Waals surface area contributed by atoms with E-state index in [-0.39, 0.29) is 6.61 Å². The Balaban J connectivity index is 2.77. The van der Waals surface area contributed by atoms with Crippen LogP contribution in [0.3, 0.4) is 0 Å². The summed E-state index contributed by atoms with van der Waals surface area (Å²) in [4.78, 5) is 23.5. The van der Waals surface area contributed by atoms with Gasteiger partial charge in [-0.25, -0.2) is 4.79 Å².